The van der Waals surface area contributed by atoms with Gasteiger partial charge in [-0.2, -0.15) is 10.2 Å². The average Bonchev–Trinajstić information content (AvgIpc) is 3.60. The van der Waals surface area contributed by atoms with Crippen molar-refractivity contribution in [2.45, 2.75) is 71.1 Å². The predicted octanol–water partition coefficient (Wildman–Crippen LogP) is 8.10. The quantitative estimate of drug-likeness (QED) is 0.262. The maximum absolute atomic E-state index is 12.3. The molecule has 6 atom stereocenters. The van der Waals surface area contributed by atoms with Crippen LogP contribution in [0.2, 0.25) is 0 Å². The number of hydrogen-bond donors (Lipinski definition) is 0. The number of benzene rings is 2. The minimum Gasteiger partial charge on any atom is -0.295 e. The Morgan fingerprint density at radius 1 is 0.829 bits per heavy atom. The fourth-order valence-electron chi connectivity index (χ4n) is 9.71. The summed E-state index contributed by atoms with van der Waals surface area (Å²) >= 11 is 0. The lowest BCUT2D eigenvalue weighted by Crippen LogP contribution is -2.50. The molecular weight excluding hydrogens is 504 g/mol. The van der Waals surface area contributed by atoms with Crippen LogP contribution in [0.5, 0.6) is 0 Å². The summed E-state index contributed by atoms with van der Waals surface area (Å²) in [5, 5.41) is 16.2. The second kappa shape index (κ2) is 9.20. The van der Waals surface area contributed by atoms with E-state index >= 15 is 0 Å². The molecule has 0 saturated heterocycles. The number of carbonyl (C=O) groups is 1. The van der Waals surface area contributed by atoms with E-state index in [1.807, 2.05) is 22.9 Å². The van der Waals surface area contributed by atoms with Crippen molar-refractivity contribution < 1.29 is 4.79 Å². The molecule has 0 radical (unpaired) electrons. The third-order valence-electron chi connectivity index (χ3n) is 11.8. The Morgan fingerprint density at radius 2 is 1.61 bits per heavy atom. The molecule has 41 heavy (non-hydrogen) atoms. The lowest BCUT2D eigenvalue weighted by Gasteiger charge is -2.58. The molecule has 2 aromatic heterocycles. The summed E-state index contributed by atoms with van der Waals surface area (Å²) < 4.78 is 2.01. The van der Waals surface area contributed by atoms with Crippen LogP contribution < -0.4 is 0 Å². The highest BCUT2D eigenvalue weighted by molar-refractivity contribution is 5.93. The van der Waals surface area contributed by atoms with Gasteiger partial charge in [-0.15, -0.1) is 5.10 Å². The van der Waals surface area contributed by atoms with Crippen molar-refractivity contribution in [3.63, 3.8) is 0 Å². The smallest absolute Gasteiger partial charge is 0.155 e. The van der Waals surface area contributed by atoms with Gasteiger partial charge in [-0.3, -0.25) is 4.79 Å². The van der Waals surface area contributed by atoms with Crippen LogP contribution in [-0.2, 0) is 4.79 Å². The lowest BCUT2D eigenvalue weighted by molar-refractivity contribution is -0.117. The van der Waals surface area contributed by atoms with Gasteiger partial charge in [0.1, 0.15) is 11.2 Å². The van der Waals surface area contributed by atoms with Crippen molar-refractivity contribution in [2.24, 2.45) is 28.6 Å². The van der Waals surface area contributed by atoms with Crippen molar-refractivity contribution >= 4 is 16.7 Å². The molecule has 3 saturated carbocycles. The van der Waals surface area contributed by atoms with Gasteiger partial charge in [0, 0.05) is 24.1 Å². The van der Waals surface area contributed by atoms with E-state index in [4.69, 9.17) is 15.3 Å². The summed E-state index contributed by atoms with van der Waals surface area (Å²) in [7, 11) is 0. The summed E-state index contributed by atoms with van der Waals surface area (Å²) in [6.45, 7) is 5.03. The summed E-state index contributed by atoms with van der Waals surface area (Å²) in [5.41, 5.74) is 6.96. The fourth-order valence-corrected chi connectivity index (χ4v) is 9.71. The molecule has 0 bridgehead atoms. The van der Waals surface area contributed by atoms with E-state index < -0.39 is 0 Å². The SMILES string of the molecule is C[C@]12CC[C@H]3[C@@H](CCC4=CC(=O)CC[C@@]43C)[C@@H]1CC[C@@H]2c1nnc(-c2ccccc2)c2cn(-c3ccccc3)nc12. The van der Waals surface area contributed by atoms with E-state index in [-0.39, 0.29) is 10.8 Å². The molecule has 0 unspecified atom stereocenters. The normalized spacial score (nSPS) is 32.7. The van der Waals surface area contributed by atoms with Gasteiger partial charge in [0.15, 0.2) is 5.78 Å². The Hall–Kier alpha value is -3.60. The molecule has 4 aliphatic rings. The fraction of sp³-hybridized carbons (Fsp3) is 0.444. The number of carbonyl (C=O) groups excluding carboxylic acids is 1. The molecule has 5 heteroatoms. The molecule has 0 N–H and O–H groups in total. The molecule has 4 aliphatic carbocycles. The Labute approximate surface area is 242 Å². The van der Waals surface area contributed by atoms with Gasteiger partial charge in [0.25, 0.3) is 0 Å². The first-order valence-corrected chi connectivity index (χ1v) is 15.6. The van der Waals surface area contributed by atoms with Crippen molar-refractivity contribution in [1.82, 2.24) is 20.0 Å². The molecule has 208 valence electrons. The summed E-state index contributed by atoms with van der Waals surface area (Å²) in [6, 6.07) is 20.8. The van der Waals surface area contributed by atoms with Crippen LogP contribution in [-0.4, -0.2) is 25.8 Å². The van der Waals surface area contributed by atoms with E-state index in [1.54, 1.807) is 0 Å². The van der Waals surface area contributed by atoms with Gasteiger partial charge in [-0.25, -0.2) is 4.68 Å². The second-order valence-corrected chi connectivity index (χ2v) is 13.6. The molecule has 0 aliphatic heterocycles. The zero-order valence-corrected chi connectivity index (χ0v) is 24.1. The van der Waals surface area contributed by atoms with Gasteiger partial charge >= 0.3 is 0 Å². The summed E-state index contributed by atoms with van der Waals surface area (Å²) in [6.07, 6.45) is 13.1. The molecule has 4 aromatic rings. The van der Waals surface area contributed by atoms with Gasteiger partial charge < -0.3 is 0 Å². The van der Waals surface area contributed by atoms with E-state index in [0.717, 1.165) is 65.1 Å². The van der Waals surface area contributed by atoms with Crippen LogP contribution in [0.4, 0.5) is 0 Å². The van der Waals surface area contributed by atoms with Crippen LogP contribution in [0, 0.1) is 28.6 Å². The van der Waals surface area contributed by atoms with Crippen LogP contribution in [0.1, 0.15) is 76.8 Å². The molecule has 2 aromatic carbocycles. The Kier molecular flexibility index (Phi) is 5.64. The molecular formula is C36H38N4O. The van der Waals surface area contributed by atoms with Crippen LogP contribution >= 0.6 is 0 Å². The third-order valence-corrected chi connectivity index (χ3v) is 11.8. The van der Waals surface area contributed by atoms with E-state index in [9.17, 15) is 4.79 Å². The zero-order chi connectivity index (χ0) is 27.8. The second-order valence-electron chi connectivity index (χ2n) is 13.6. The Morgan fingerprint density at radius 3 is 2.41 bits per heavy atom. The Bertz CT molecular complexity index is 1670. The summed E-state index contributed by atoms with van der Waals surface area (Å²) in [5.74, 6) is 2.79. The molecule has 0 amide bonds. The van der Waals surface area contributed by atoms with Crippen molar-refractivity contribution in [1.29, 1.82) is 0 Å². The van der Waals surface area contributed by atoms with Crippen LogP contribution in [0.3, 0.4) is 0 Å². The third kappa shape index (κ3) is 3.73. The topological polar surface area (TPSA) is 60.7 Å². The highest BCUT2D eigenvalue weighted by Crippen LogP contribution is 2.68. The number of nitrogens with zero attached hydrogens (tertiary/aromatic N) is 4. The first-order valence-electron chi connectivity index (χ1n) is 15.6. The standard InChI is InChI=1S/C36H38N4O/c1-35-19-17-26(41)21-24(35)13-14-27-29-15-16-31(36(29,2)20-18-30(27)35)34-33-28(22-40(39-33)25-11-7-4-8-12-25)32(37-38-34)23-9-5-3-6-10-23/h3-12,21-22,27,29-31H,13-20H2,1-2H3/t27-,29-,30-,31+,35-,36-/m0/s1. The number of aromatic nitrogens is 4. The van der Waals surface area contributed by atoms with Crippen LogP contribution in [0.25, 0.3) is 27.8 Å². The molecule has 5 nitrogen and oxygen atoms in total. The number of hydrogen-bond acceptors (Lipinski definition) is 4. The van der Waals surface area contributed by atoms with Gasteiger partial charge in [0.05, 0.1) is 16.8 Å². The largest absolute Gasteiger partial charge is 0.295 e. The van der Waals surface area contributed by atoms with Gasteiger partial charge in [-0.05, 0) is 91.7 Å². The highest BCUT2D eigenvalue weighted by Gasteiger charge is 2.59. The van der Waals surface area contributed by atoms with Crippen molar-refractivity contribution in [3.8, 4) is 16.9 Å². The molecule has 2 heterocycles. The Balaban J connectivity index is 1.21. The number of allylic oxidation sites excluding steroid dienone is 1. The molecule has 0 spiro atoms. The molecule has 3 fully saturated rings. The van der Waals surface area contributed by atoms with Gasteiger partial charge in [-0.1, -0.05) is 68.0 Å². The number of para-hydroxylation sites is 1. The monoisotopic (exact) mass is 542 g/mol. The zero-order valence-electron chi connectivity index (χ0n) is 24.1. The van der Waals surface area contributed by atoms with E-state index in [2.05, 4.69) is 68.6 Å². The van der Waals surface area contributed by atoms with Crippen LogP contribution in [0.15, 0.2) is 78.5 Å². The number of ketones is 1. The first-order chi connectivity index (χ1) is 20.0. The van der Waals surface area contributed by atoms with E-state index in [0.29, 0.717) is 23.5 Å². The minimum absolute atomic E-state index is 0.190. The number of fused-ring (bicyclic) bond motifs is 6. The molecule has 8 rings (SSSR count). The van der Waals surface area contributed by atoms with Gasteiger partial charge in [0.2, 0.25) is 0 Å². The highest BCUT2D eigenvalue weighted by atomic mass is 16.1. The van der Waals surface area contributed by atoms with E-state index in [1.165, 1.54) is 31.3 Å². The number of rotatable bonds is 3. The maximum atomic E-state index is 12.3. The maximum Gasteiger partial charge on any atom is 0.155 e. The minimum atomic E-state index is 0.190. The van der Waals surface area contributed by atoms with Crippen molar-refractivity contribution in [3.05, 3.63) is 84.2 Å². The average molecular weight is 543 g/mol. The predicted molar refractivity (Wildman–Crippen MR) is 162 cm³/mol. The lowest BCUT2D eigenvalue weighted by atomic mass is 9.46. The summed E-state index contributed by atoms with van der Waals surface area (Å²) in [4.78, 5) is 12.3. The first kappa shape index (κ1) is 25.1. The van der Waals surface area contributed by atoms with Crippen molar-refractivity contribution in [2.75, 3.05) is 0 Å².